The molecule has 64 heavy (non-hydrogen) atoms. The average molecular weight is 877 g/mol. The summed E-state index contributed by atoms with van der Waals surface area (Å²) in [4.78, 5) is 93.7. The van der Waals surface area contributed by atoms with Crippen LogP contribution in [0.4, 0.5) is 27.5 Å². The topological polar surface area (TPSA) is 191 Å². The molecule has 17 nitrogen and oxygen atoms in total. The van der Waals surface area contributed by atoms with E-state index in [1.54, 1.807) is 16.7 Å². The molecule has 18 heteroatoms. The van der Waals surface area contributed by atoms with E-state index in [0.29, 0.717) is 36.5 Å². The summed E-state index contributed by atoms with van der Waals surface area (Å²) >= 11 is 0. The fourth-order valence-corrected chi connectivity index (χ4v) is 10.1. The van der Waals surface area contributed by atoms with Crippen LogP contribution in [-0.4, -0.2) is 119 Å². The van der Waals surface area contributed by atoms with Gasteiger partial charge in [0, 0.05) is 93.6 Å². The van der Waals surface area contributed by atoms with Gasteiger partial charge in [-0.2, -0.15) is 4.98 Å². The van der Waals surface area contributed by atoms with Crippen molar-refractivity contribution in [1.29, 1.82) is 0 Å². The van der Waals surface area contributed by atoms with E-state index in [2.05, 4.69) is 30.7 Å². The van der Waals surface area contributed by atoms with Crippen LogP contribution in [0, 0.1) is 24.1 Å². The molecule has 1 aliphatic carbocycles. The fraction of sp³-hybridized carbons (Fsp3) is 0.478. The molecule has 6 heterocycles. The summed E-state index contributed by atoms with van der Waals surface area (Å²) in [6, 6.07) is 8.94. The van der Waals surface area contributed by atoms with Gasteiger partial charge in [-0.15, -0.1) is 0 Å². The van der Waals surface area contributed by atoms with Gasteiger partial charge in [0.1, 0.15) is 17.7 Å². The molecular weight excluding hydrogens is 824 g/mol. The number of piperazine rings is 1. The van der Waals surface area contributed by atoms with Crippen LogP contribution in [0.15, 0.2) is 47.4 Å². The number of nitrogens with one attached hydrogen (secondary N) is 3. The van der Waals surface area contributed by atoms with E-state index in [1.165, 1.54) is 13.1 Å². The lowest BCUT2D eigenvalue weighted by Gasteiger charge is -2.55. The van der Waals surface area contributed by atoms with E-state index >= 15 is 4.39 Å². The Morgan fingerprint density at radius 1 is 0.953 bits per heavy atom. The van der Waals surface area contributed by atoms with E-state index in [4.69, 9.17) is 14.7 Å². The zero-order valence-corrected chi connectivity index (χ0v) is 36.5. The molecule has 4 aromatic rings. The van der Waals surface area contributed by atoms with Gasteiger partial charge < -0.3 is 29.7 Å². The summed E-state index contributed by atoms with van der Waals surface area (Å²) in [5.74, 6) is -1.82. The van der Waals surface area contributed by atoms with Crippen LogP contribution in [0.2, 0.25) is 0 Å². The van der Waals surface area contributed by atoms with Crippen molar-refractivity contribution in [2.75, 3.05) is 74.6 Å². The maximum absolute atomic E-state index is 15.1. The third kappa shape index (κ3) is 7.92. The molecule has 5 aliphatic rings. The summed E-state index contributed by atoms with van der Waals surface area (Å²) in [5.41, 5.74) is 2.44. The van der Waals surface area contributed by atoms with Crippen LogP contribution in [0.1, 0.15) is 84.7 Å². The number of benzene rings is 2. The first-order valence-corrected chi connectivity index (χ1v) is 22.1. The zero-order chi connectivity index (χ0) is 45.0. The number of fused-ring (bicyclic) bond motifs is 2. The second kappa shape index (κ2) is 16.9. The molecule has 9 rings (SSSR count). The van der Waals surface area contributed by atoms with Gasteiger partial charge in [0.2, 0.25) is 17.8 Å². The second-order valence-corrected chi connectivity index (χ2v) is 18.2. The van der Waals surface area contributed by atoms with Crippen LogP contribution < -0.4 is 36.0 Å². The highest BCUT2D eigenvalue weighted by Crippen LogP contribution is 2.49. The van der Waals surface area contributed by atoms with Crippen molar-refractivity contribution in [2.45, 2.75) is 71.4 Å². The molecule has 4 fully saturated rings. The van der Waals surface area contributed by atoms with Crippen molar-refractivity contribution in [3.63, 3.8) is 0 Å². The number of carbonyl (C=O) groups is 5. The predicted molar refractivity (Wildman–Crippen MR) is 237 cm³/mol. The maximum Gasteiger partial charge on any atom is 0.293 e. The van der Waals surface area contributed by atoms with Crippen molar-refractivity contribution >= 4 is 63.6 Å². The van der Waals surface area contributed by atoms with Crippen LogP contribution in [-0.2, 0) is 14.4 Å². The van der Waals surface area contributed by atoms with Gasteiger partial charge in [0.05, 0.1) is 22.3 Å². The number of piperidine rings is 1. The minimum absolute atomic E-state index is 0.00283. The van der Waals surface area contributed by atoms with Crippen molar-refractivity contribution < 1.29 is 33.1 Å². The van der Waals surface area contributed by atoms with Crippen molar-refractivity contribution in [3.8, 4) is 5.75 Å². The SMILES string of the molecule is CNC(=O)COc1cc2cc(Nc3nc(N4CCN(CC5CCC6(CC5)CN(c5ccc(F)c7c5C(=O)N(C5CCC(=O)NC5=O)C7=O)C6)CC4)ncc3C)ccc2n(C(C)C)c1=O. The minimum Gasteiger partial charge on any atom is -0.478 e. The molecule has 3 N–H and O–H groups in total. The number of hydrogen-bond donors (Lipinski definition) is 3. The van der Waals surface area contributed by atoms with Crippen molar-refractivity contribution in [1.82, 2.24) is 35.0 Å². The number of amides is 5. The molecule has 2 aromatic carbocycles. The van der Waals surface area contributed by atoms with Gasteiger partial charge in [-0.25, -0.2) is 9.37 Å². The van der Waals surface area contributed by atoms with Crippen LogP contribution in [0.5, 0.6) is 5.75 Å². The summed E-state index contributed by atoms with van der Waals surface area (Å²) in [5, 5.41) is 8.94. The van der Waals surface area contributed by atoms with E-state index in [9.17, 15) is 28.8 Å². The molecule has 4 aliphatic heterocycles. The third-order valence-corrected chi connectivity index (χ3v) is 13.6. The van der Waals surface area contributed by atoms with Crippen LogP contribution in [0.25, 0.3) is 10.9 Å². The minimum atomic E-state index is -1.15. The van der Waals surface area contributed by atoms with Crippen molar-refractivity contribution in [2.24, 2.45) is 11.3 Å². The van der Waals surface area contributed by atoms with Gasteiger partial charge in [0.15, 0.2) is 12.4 Å². The largest absolute Gasteiger partial charge is 0.478 e. The quantitative estimate of drug-likeness (QED) is 0.184. The van der Waals surface area contributed by atoms with Gasteiger partial charge in [0.25, 0.3) is 23.3 Å². The van der Waals surface area contributed by atoms with Gasteiger partial charge in [-0.3, -0.25) is 43.9 Å². The highest BCUT2D eigenvalue weighted by Gasteiger charge is 2.51. The van der Waals surface area contributed by atoms with Gasteiger partial charge >= 0.3 is 0 Å². The third-order valence-electron chi connectivity index (χ3n) is 13.6. The monoisotopic (exact) mass is 876 g/mol. The van der Waals surface area contributed by atoms with Crippen LogP contribution in [0.3, 0.4) is 0 Å². The zero-order valence-electron chi connectivity index (χ0n) is 36.5. The Morgan fingerprint density at radius 3 is 2.39 bits per heavy atom. The Labute approximate surface area is 369 Å². The van der Waals surface area contributed by atoms with Gasteiger partial charge in [-0.1, -0.05) is 0 Å². The molecule has 336 valence electrons. The van der Waals surface area contributed by atoms with Crippen molar-refractivity contribution in [3.05, 3.63) is 75.5 Å². The highest BCUT2D eigenvalue weighted by molar-refractivity contribution is 6.25. The molecular formula is C46H53FN10O7. The first-order chi connectivity index (χ1) is 30.7. The molecule has 2 aromatic heterocycles. The summed E-state index contributed by atoms with van der Waals surface area (Å²) in [7, 11) is 1.52. The molecule has 1 saturated carbocycles. The van der Waals surface area contributed by atoms with Gasteiger partial charge in [-0.05, 0) is 95.2 Å². The molecule has 0 radical (unpaired) electrons. The fourth-order valence-electron chi connectivity index (χ4n) is 10.1. The Bertz CT molecular complexity index is 2630. The highest BCUT2D eigenvalue weighted by atomic mass is 19.1. The number of hydrogen-bond acceptors (Lipinski definition) is 13. The number of halogens is 1. The number of likely N-dealkylation sites (N-methyl/N-ethyl adjacent to an activating group) is 1. The molecule has 5 amide bonds. The Morgan fingerprint density at radius 2 is 1.69 bits per heavy atom. The Balaban J connectivity index is 0.784. The molecule has 0 bridgehead atoms. The number of ether oxygens (including phenoxy) is 1. The summed E-state index contributed by atoms with van der Waals surface area (Å²) < 4.78 is 22.4. The first-order valence-electron chi connectivity index (χ1n) is 22.1. The molecule has 3 saturated heterocycles. The summed E-state index contributed by atoms with van der Waals surface area (Å²) in [6.45, 7) is 11.4. The number of pyridine rings is 1. The number of aromatic nitrogens is 3. The second-order valence-electron chi connectivity index (χ2n) is 18.2. The van der Waals surface area contributed by atoms with E-state index in [0.717, 1.165) is 85.5 Å². The number of rotatable bonds is 11. The number of nitrogens with zero attached hydrogens (tertiary/aromatic N) is 7. The summed E-state index contributed by atoms with van der Waals surface area (Å²) in [6.07, 6.45) is 6.09. The maximum atomic E-state index is 15.1. The molecule has 1 spiro atoms. The molecule has 1 atom stereocenters. The molecule has 1 unspecified atom stereocenters. The van der Waals surface area contributed by atoms with E-state index < -0.39 is 35.5 Å². The lowest BCUT2D eigenvalue weighted by Crippen LogP contribution is -2.58. The predicted octanol–water partition coefficient (Wildman–Crippen LogP) is 3.91. The lowest BCUT2D eigenvalue weighted by molar-refractivity contribution is -0.136. The smallest absolute Gasteiger partial charge is 0.293 e. The Hall–Kier alpha value is -6.43. The average Bonchev–Trinajstić information content (AvgIpc) is 3.53. The lowest BCUT2D eigenvalue weighted by atomic mass is 9.65. The van der Waals surface area contributed by atoms with E-state index in [-0.39, 0.29) is 59.2 Å². The van der Waals surface area contributed by atoms with E-state index in [1.807, 2.05) is 45.2 Å². The number of anilines is 4. The van der Waals surface area contributed by atoms with Crippen LogP contribution >= 0.6 is 0 Å². The number of imide groups is 2. The Kier molecular flexibility index (Phi) is 11.3. The first kappa shape index (κ1) is 42.9. The standard InChI is InChI=1S/C46H53FN10O7/c1-26(2)56-32-7-5-30(19-29(32)20-35(42(56)61)64-23-37(59)48-4)50-40-27(3)21-49-45(52-40)54-17-15-53(16-18-54)22-28-11-13-46(14-12-28)24-55(25-46)33-8-6-31(47)38-39(33)44(63)57(43(38)62)34-9-10-36(58)51-41(34)60/h5-8,19-21,26,28,34H,9-18,22-25H2,1-4H3,(H,48,59)(H,49,50,52)(H,51,58,60). The number of aryl methyl sites for hydroxylation is 1. The number of carbonyl (C=O) groups excluding carboxylic acids is 5. The normalized spacial score (nSPS) is 20.2.